The van der Waals surface area contributed by atoms with Crippen LogP contribution in [0.2, 0.25) is 0 Å². The molecule has 0 unspecified atom stereocenters. The van der Waals surface area contributed by atoms with E-state index in [1.54, 1.807) is 11.0 Å². The first-order valence-electron chi connectivity index (χ1n) is 7.58. The van der Waals surface area contributed by atoms with Gasteiger partial charge in [0.05, 0.1) is 11.2 Å². The van der Waals surface area contributed by atoms with Crippen LogP contribution < -0.4 is 10.4 Å². The molecule has 0 N–H and O–H groups in total. The molecule has 1 aromatic rings. The highest BCUT2D eigenvalue weighted by atomic mass is 19.1. The summed E-state index contributed by atoms with van der Waals surface area (Å²) in [4.78, 5) is 13.2. The average Bonchev–Trinajstić information content (AvgIpc) is 2.87. The van der Waals surface area contributed by atoms with Crippen molar-refractivity contribution in [3.63, 3.8) is 0 Å². The first-order chi connectivity index (χ1) is 10.1. The lowest BCUT2D eigenvalue weighted by atomic mass is 9.77. The highest BCUT2D eigenvalue weighted by Gasteiger charge is 2.52. The number of hydrogen-bond donors (Lipinski definition) is 0. The number of carbonyl (C=O) groups is 1. The van der Waals surface area contributed by atoms with Crippen molar-refractivity contribution in [2.75, 3.05) is 11.4 Å². The van der Waals surface area contributed by atoms with Crippen LogP contribution >= 0.6 is 0 Å². The maximum absolute atomic E-state index is 14.5. The van der Waals surface area contributed by atoms with Crippen LogP contribution in [0.4, 0.5) is 10.1 Å². The summed E-state index contributed by atoms with van der Waals surface area (Å²) in [5.74, 6) is -0.466. The summed E-state index contributed by atoms with van der Waals surface area (Å²) in [6.07, 6.45) is 0.724. The number of benzene rings is 1. The Morgan fingerprint density at radius 1 is 1.23 bits per heavy atom. The lowest BCUT2D eigenvalue weighted by Crippen LogP contribution is -2.41. The molecule has 118 valence electrons. The molecule has 1 aromatic carbocycles. The summed E-state index contributed by atoms with van der Waals surface area (Å²) < 4.78 is 26.4. The number of anilines is 1. The number of amides is 1. The highest BCUT2D eigenvalue weighted by Crippen LogP contribution is 2.37. The van der Waals surface area contributed by atoms with E-state index < -0.39 is 24.1 Å². The van der Waals surface area contributed by atoms with Gasteiger partial charge in [-0.1, -0.05) is 6.07 Å². The van der Waals surface area contributed by atoms with E-state index in [-0.39, 0.29) is 5.91 Å². The van der Waals surface area contributed by atoms with Gasteiger partial charge in [-0.15, -0.1) is 0 Å². The second-order valence-corrected chi connectivity index (χ2v) is 7.01. The van der Waals surface area contributed by atoms with Crippen LogP contribution in [0.25, 0.3) is 0 Å². The summed E-state index contributed by atoms with van der Waals surface area (Å²) in [5, 5.41) is 0. The Hall–Kier alpha value is -1.40. The molecule has 0 radical (unpaired) electrons. The average molecular weight is 305 g/mol. The van der Waals surface area contributed by atoms with Gasteiger partial charge in [0.2, 0.25) is 5.91 Å². The van der Waals surface area contributed by atoms with E-state index in [1.807, 2.05) is 27.7 Å². The molecule has 2 heterocycles. The molecule has 0 atom stereocenters. The van der Waals surface area contributed by atoms with Gasteiger partial charge < -0.3 is 14.2 Å². The van der Waals surface area contributed by atoms with Crippen molar-refractivity contribution in [3.05, 3.63) is 23.5 Å². The fourth-order valence-corrected chi connectivity index (χ4v) is 2.91. The fourth-order valence-electron chi connectivity index (χ4n) is 2.91. The number of nitrogens with zero attached hydrogens (tertiary/aromatic N) is 1. The van der Waals surface area contributed by atoms with Crippen LogP contribution in [0, 0.1) is 5.82 Å². The van der Waals surface area contributed by atoms with Crippen LogP contribution in [0.3, 0.4) is 0 Å². The maximum atomic E-state index is 14.5. The van der Waals surface area contributed by atoms with Gasteiger partial charge in [-0.25, -0.2) is 4.39 Å². The second kappa shape index (κ2) is 4.80. The van der Waals surface area contributed by atoms with E-state index in [0.717, 1.165) is 12.0 Å². The van der Waals surface area contributed by atoms with Gasteiger partial charge in [0, 0.05) is 24.6 Å². The molecule has 0 aliphatic carbocycles. The lowest BCUT2D eigenvalue weighted by molar-refractivity contribution is -0.116. The minimum atomic E-state index is -0.721. The first-order valence-corrected chi connectivity index (χ1v) is 7.58. The number of fused-ring (bicyclic) bond motifs is 1. The zero-order chi connectivity index (χ0) is 16.3. The molecule has 1 fully saturated rings. The van der Waals surface area contributed by atoms with Crippen LogP contribution in [0.5, 0.6) is 0 Å². The van der Waals surface area contributed by atoms with E-state index >= 15 is 0 Å². The number of rotatable bonds is 1. The molecule has 1 saturated heterocycles. The van der Waals surface area contributed by atoms with Gasteiger partial charge in [0.1, 0.15) is 5.82 Å². The number of carbonyl (C=O) groups excluding carboxylic acids is 1. The first kappa shape index (κ1) is 15.5. The van der Waals surface area contributed by atoms with Gasteiger partial charge in [0.25, 0.3) is 0 Å². The summed E-state index contributed by atoms with van der Waals surface area (Å²) in [6, 6.07) is 3.19. The predicted molar refractivity (Wildman–Crippen MR) is 83.8 cm³/mol. The van der Waals surface area contributed by atoms with Crippen molar-refractivity contribution in [2.45, 2.75) is 52.2 Å². The predicted octanol–water partition coefficient (Wildman–Crippen LogP) is 2.03. The molecule has 0 aromatic heterocycles. The third-order valence-electron chi connectivity index (χ3n) is 4.98. The van der Waals surface area contributed by atoms with Gasteiger partial charge >= 0.3 is 7.12 Å². The van der Waals surface area contributed by atoms with E-state index in [0.29, 0.717) is 17.7 Å². The molecule has 22 heavy (non-hydrogen) atoms. The van der Waals surface area contributed by atoms with Crippen LogP contribution in [0.1, 0.15) is 40.2 Å². The van der Waals surface area contributed by atoms with Crippen molar-refractivity contribution >= 4 is 24.2 Å². The topological polar surface area (TPSA) is 38.8 Å². The Balaban J connectivity index is 1.97. The summed E-state index contributed by atoms with van der Waals surface area (Å²) in [5.41, 5.74) is 1.01. The molecule has 0 saturated carbocycles. The molecule has 2 aliphatic heterocycles. The highest BCUT2D eigenvalue weighted by molar-refractivity contribution is 6.62. The maximum Gasteiger partial charge on any atom is 0.497 e. The molecular weight excluding hydrogens is 284 g/mol. The van der Waals surface area contributed by atoms with Crippen molar-refractivity contribution in [2.24, 2.45) is 0 Å². The third-order valence-corrected chi connectivity index (χ3v) is 4.98. The monoisotopic (exact) mass is 305 g/mol. The Kier molecular flexibility index (Phi) is 3.38. The fraction of sp³-hybridized carbons (Fsp3) is 0.562. The van der Waals surface area contributed by atoms with E-state index in [1.165, 1.54) is 13.0 Å². The van der Waals surface area contributed by atoms with Crippen LogP contribution in [0.15, 0.2) is 12.1 Å². The zero-order valence-electron chi connectivity index (χ0n) is 13.7. The summed E-state index contributed by atoms with van der Waals surface area (Å²) >= 11 is 0. The van der Waals surface area contributed by atoms with E-state index in [4.69, 9.17) is 9.31 Å². The SMILES string of the molecule is CC(=O)N1CCc2cc(B3OC(C)(C)C(C)(C)O3)c(F)cc21. The minimum absolute atomic E-state index is 0.0680. The van der Waals surface area contributed by atoms with Crippen molar-refractivity contribution < 1.29 is 18.5 Å². The molecule has 2 aliphatic rings. The van der Waals surface area contributed by atoms with E-state index in [2.05, 4.69) is 0 Å². The van der Waals surface area contributed by atoms with Crippen LogP contribution in [-0.4, -0.2) is 30.8 Å². The van der Waals surface area contributed by atoms with Gasteiger partial charge in [-0.3, -0.25) is 4.79 Å². The largest absolute Gasteiger partial charge is 0.497 e. The molecule has 0 spiro atoms. The molecule has 0 bridgehead atoms. The van der Waals surface area contributed by atoms with Crippen molar-refractivity contribution in [1.82, 2.24) is 0 Å². The molecule has 3 rings (SSSR count). The normalized spacial score (nSPS) is 22.1. The second-order valence-electron chi connectivity index (χ2n) is 7.01. The van der Waals surface area contributed by atoms with Gasteiger partial charge in [0.15, 0.2) is 0 Å². The molecular formula is C16H21BFNO3. The molecule has 6 heteroatoms. The Morgan fingerprint density at radius 3 is 2.36 bits per heavy atom. The van der Waals surface area contributed by atoms with Crippen LogP contribution in [-0.2, 0) is 20.5 Å². The van der Waals surface area contributed by atoms with E-state index in [9.17, 15) is 9.18 Å². The minimum Gasteiger partial charge on any atom is -0.399 e. The summed E-state index contributed by atoms with van der Waals surface area (Å²) in [7, 11) is -0.721. The van der Waals surface area contributed by atoms with Crippen molar-refractivity contribution in [1.29, 1.82) is 0 Å². The standard InChI is InChI=1S/C16H21BFNO3/c1-10(20)19-7-6-11-8-12(13(18)9-14(11)19)17-21-15(2,3)16(4,5)22-17/h8-9H,6-7H2,1-5H3. The van der Waals surface area contributed by atoms with Gasteiger partial charge in [-0.2, -0.15) is 0 Å². The van der Waals surface area contributed by atoms with Crippen molar-refractivity contribution in [3.8, 4) is 0 Å². The molecule has 4 nitrogen and oxygen atoms in total. The lowest BCUT2D eigenvalue weighted by Gasteiger charge is -2.32. The number of halogens is 1. The van der Waals surface area contributed by atoms with Gasteiger partial charge in [-0.05, 0) is 45.7 Å². The Bertz CT molecular complexity index is 629. The smallest absolute Gasteiger partial charge is 0.399 e. The Morgan fingerprint density at radius 2 is 1.82 bits per heavy atom. The third kappa shape index (κ3) is 2.25. The number of hydrogen-bond acceptors (Lipinski definition) is 3. The Labute approximate surface area is 130 Å². The summed E-state index contributed by atoms with van der Waals surface area (Å²) in [6.45, 7) is 9.85. The molecule has 1 amide bonds. The zero-order valence-corrected chi connectivity index (χ0v) is 13.7. The quantitative estimate of drug-likeness (QED) is 0.745.